The number of hydrogen-bond acceptors (Lipinski definition) is 4. The highest BCUT2D eigenvalue weighted by Crippen LogP contribution is 2.23. The van der Waals surface area contributed by atoms with Crippen molar-refractivity contribution < 1.29 is 9.59 Å². The average molecular weight is 543 g/mol. The number of amides is 2. The molecule has 2 heterocycles. The fourth-order valence-electron chi connectivity index (χ4n) is 3.77. The van der Waals surface area contributed by atoms with Gasteiger partial charge in [-0.15, -0.1) is 0 Å². The van der Waals surface area contributed by atoms with E-state index in [-0.39, 0.29) is 11.8 Å². The molecule has 6 rings (SSSR count). The van der Waals surface area contributed by atoms with Gasteiger partial charge in [0.1, 0.15) is 0 Å². The highest BCUT2D eigenvalue weighted by Gasteiger charge is 2.15. The Hall–Kier alpha value is -4.66. The largest absolute Gasteiger partial charge is 0.321 e. The van der Waals surface area contributed by atoms with Crippen LogP contribution in [0.2, 0.25) is 10.0 Å². The molecule has 0 unspecified atom stereocenters. The zero-order valence-electron chi connectivity index (χ0n) is 19.7. The van der Waals surface area contributed by atoms with Gasteiger partial charge >= 0.3 is 0 Å². The van der Waals surface area contributed by atoms with Crippen molar-refractivity contribution in [1.29, 1.82) is 0 Å². The number of para-hydroxylation sites is 3. The number of halogens is 2. The average Bonchev–Trinajstić information content (AvgIpc) is 3.55. The number of aromatic amines is 2. The second kappa shape index (κ2) is 11.2. The number of carbonyl (C=O) groups is 2. The van der Waals surface area contributed by atoms with E-state index >= 15 is 0 Å². The van der Waals surface area contributed by atoms with Crippen LogP contribution in [-0.2, 0) is 0 Å². The van der Waals surface area contributed by atoms with Crippen LogP contribution in [0, 0.1) is 0 Å². The Morgan fingerprint density at radius 2 is 1.18 bits per heavy atom. The lowest BCUT2D eigenvalue weighted by Gasteiger charge is -2.05. The third kappa shape index (κ3) is 5.51. The van der Waals surface area contributed by atoms with E-state index in [2.05, 4.69) is 31.0 Å². The second-order valence-electron chi connectivity index (χ2n) is 8.13. The molecule has 2 amide bonds. The Kier molecular flexibility index (Phi) is 7.35. The fourth-order valence-corrected chi connectivity index (χ4v) is 4.15. The summed E-state index contributed by atoms with van der Waals surface area (Å²) in [5, 5.41) is 21.9. The highest BCUT2D eigenvalue weighted by molar-refractivity contribution is 6.34. The van der Waals surface area contributed by atoms with Crippen LogP contribution in [-0.4, -0.2) is 32.2 Å². The number of aromatic nitrogens is 4. The predicted molar refractivity (Wildman–Crippen MR) is 151 cm³/mol. The van der Waals surface area contributed by atoms with Crippen LogP contribution in [0.15, 0.2) is 97.1 Å². The predicted octanol–water partition coefficient (Wildman–Crippen LogP) is 6.94. The molecule has 6 aromatic rings. The lowest BCUT2D eigenvalue weighted by Crippen LogP contribution is -2.13. The number of H-pyrrole nitrogens is 2. The highest BCUT2D eigenvalue weighted by atomic mass is 35.5. The third-order valence-electron chi connectivity index (χ3n) is 5.58. The first-order chi connectivity index (χ1) is 18.5. The van der Waals surface area contributed by atoms with Gasteiger partial charge in [-0.3, -0.25) is 19.8 Å². The van der Waals surface area contributed by atoms with Crippen LogP contribution in [0.4, 0.5) is 11.4 Å². The number of fused-ring (bicyclic) bond motifs is 2. The maximum Gasteiger partial charge on any atom is 0.276 e. The van der Waals surface area contributed by atoms with Gasteiger partial charge in [-0.2, -0.15) is 10.2 Å². The Morgan fingerprint density at radius 1 is 0.632 bits per heavy atom. The molecule has 0 aliphatic heterocycles. The van der Waals surface area contributed by atoms with Crippen LogP contribution >= 0.6 is 23.2 Å². The molecule has 0 spiro atoms. The topological polar surface area (TPSA) is 116 Å². The molecule has 0 saturated carbocycles. The number of nitrogens with zero attached hydrogens (tertiary/aromatic N) is 2. The monoisotopic (exact) mass is 542 g/mol. The van der Waals surface area contributed by atoms with Gasteiger partial charge in [0.25, 0.3) is 11.8 Å². The SMILES string of the molecule is O=C(Nc1cccc(Cl)c1)c1n[nH]c2ccccc12.O=C(Nc1ccccc1Cl)c1n[nH]c2ccccc12. The molecule has 188 valence electrons. The third-order valence-corrected chi connectivity index (χ3v) is 6.14. The van der Waals surface area contributed by atoms with Crippen molar-refractivity contribution in [2.45, 2.75) is 0 Å². The van der Waals surface area contributed by atoms with Gasteiger partial charge in [-0.05, 0) is 42.5 Å². The molecule has 0 fully saturated rings. The summed E-state index contributed by atoms with van der Waals surface area (Å²) in [7, 11) is 0. The van der Waals surface area contributed by atoms with Crippen molar-refractivity contribution in [1.82, 2.24) is 20.4 Å². The Bertz CT molecular complexity index is 1760. The van der Waals surface area contributed by atoms with E-state index in [1.54, 1.807) is 36.4 Å². The van der Waals surface area contributed by atoms with Gasteiger partial charge in [0, 0.05) is 21.5 Å². The minimum Gasteiger partial charge on any atom is -0.321 e. The number of nitrogens with one attached hydrogen (secondary N) is 4. The summed E-state index contributed by atoms with van der Waals surface area (Å²) in [6.07, 6.45) is 0. The van der Waals surface area contributed by atoms with Crippen molar-refractivity contribution in [2.75, 3.05) is 10.6 Å². The molecule has 8 nitrogen and oxygen atoms in total. The van der Waals surface area contributed by atoms with Gasteiger partial charge in [0.05, 0.1) is 21.7 Å². The van der Waals surface area contributed by atoms with Gasteiger partial charge in [-0.1, -0.05) is 77.8 Å². The second-order valence-corrected chi connectivity index (χ2v) is 8.98. The molecular weight excluding hydrogens is 523 g/mol. The molecule has 0 aliphatic rings. The first kappa shape index (κ1) is 25.0. The van der Waals surface area contributed by atoms with Crippen LogP contribution < -0.4 is 10.6 Å². The lowest BCUT2D eigenvalue weighted by molar-refractivity contribution is 0.101. The zero-order valence-corrected chi connectivity index (χ0v) is 21.2. The Morgan fingerprint density at radius 3 is 1.79 bits per heavy atom. The van der Waals surface area contributed by atoms with E-state index in [0.29, 0.717) is 32.8 Å². The Labute approximate surface area is 227 Å². The quantitative estimate of drug-likeness (QED) is 0.193. The maximum absolute atomic E-state index is 12.2. The first-order valence-corrected chi connectivity index (χ1v) is 12.2. The maximum atomic E-state index is 12.2. The van der Waals surface area contributed by atoms with Gasteiger partial charge in [0.2, 0.25) is 0 Å². The van der Waals surface area contributed by atoms with Gasteiger partial charge in [0.15, 0.2) is 11.4 Å². The summed E-state index contributed by atoms with van der Waals surface area (Å²) in [5.41, 5.74) is 3.60. The summed E-state index contributed by atoms with van der Waals surface area (Å²) in [6, 6.07) is 29.0. The molecule has 0 atom stereocenters. The fraction of sp³-hybridized carbons (Fsp3) is 0. The van der Waals surface area contributed by atoms with Crippen LogP contribution in [0.1, 0.15) is 21.0 Å². The van der Waals surface area contributed by atoms with E-state index in [1.165, 1.54) is 0 Å². The molecule has 0 bridgehead atoms. The normalized spacial score (nSPS) is 10.6. The molecule has 0 saturated heterocycles. The lowest BCUT2D eigenvalue weighted by atomic mass is 10.2. The number of hydrogen-bond donors (Lipinski definition) is 4. The molecule has 0 aliphatic carbocycles. The molecule has 0 radical (unpaired) electrons. The minimum absolute atomic E-state index is 0.264. The summed E-state index contributed by atoms with van der Waals surface area (Å²) in [5.74, 6) is -0.551. The minimum atomic E-state index is -0.287. The number of rotatable bonds is 4. The van der Waals surface area contributed by atoms with E-state index in [9.17, 15) is 9.59 Å². The Balaban J connectivity index is 0.000000155. The zero-order chi connectivity index (χ0) is 26.5. The molecule has 38 heavy (non-hydrogen) atoms. The van der Waals surface area contributed by atoms with E-state index in [1.807, 2.05) is 60.7 Å². The molecule has 2 aromatic heterocycles. The summed E-state index contributed by atoms with van der Waals surface area (Å²) >= 11 is 11.9. The van der Waals surface area contributed by atoms with Crippen LogP contribution in [0.3, 0.4) is 0 Å². The van der Waals surface area contributed by atoms with Crippen molar-refractivity contribution in [2.24, 2.45) is 0 Å². The first-order valence-electron chi connectivity index (χ1n) is 11.5. The van der Waals surface area contributed by atoms with E-state index in [4.69, 9.17) is 23.2 Å². The summed E-state index contributed by atoms with van der Waals surface area (Å²) in [4.78, 5) is 24.4. The summed E-state index contributed by atoms with van der Waals surface area (Å²) < 4.78 is 0. The smallest absolute Gasteiger partial charge is 0.276 e. The number of benzene rings is 4. The van der Waals surface area contributed by atoms with E-state index < -0.39 is 0 Å². The molecule has 4 N–H and O–H groups in total. The number of anilines is 2. The standard InChI is InChI=1S/2C14H10ClN3O/c15-10-6-2-4-8-12(10)16-14(19)13-9-5-1-3-7-11(9)17-18-13;15-9-4-3-5-10(8-9)16-14(19)13-11-6-1-2-7-12(11)17-18-13/h2*1-8H,(H,16,19)(H,17,18). The van der Waals surface area contributed by atoms with Crippen molar-refractivity contribution in [3.63, 3.8) is 0 Å². The van der Waals surface area contributed by atoms with Crippen LogP contribution in [0.5, 0.6) is 0 Å². The van der Waals surface area contributed by atoms with E-state index in [0.717, 1.165) is 21.8 Å². The molecule has 10 heteroatoms. The van der Waals surface area contributed by atoms with Crippen molar-refractivity contribution in [3.05, 3.63) is 118 Å². The molecule has 4 aromatic carbocycles. The van der Waals surface area contributed by atoms with Gasteiger partial charge in [-0.25, -0.2) is 0 Å². The van der Waals surface area contributed by atoms with Gasteiger partial charge < -0.3 is 10.6 Å². The summed E-state index contributed by atoms with van der Waals surface area (Å²) in [6.45, 7) is 0. The molecular formula is C28H20Cl2N6O2. The van der Waals surface area contributed by atoms with Crippen LogP contribution in [0.25, 0.3) is 21.8 Å². The van der Waals surface area contributed by atoms with Crippen molar-refractivity contribution in [3.8, 4) is 0 Å². The number of carbonyl (C=O) groups excluding carboxylic acids is 2. The van der Waals surface area contributed by atoms with Crippen molar-refractivity contribution >= 4 is 68.2 Å².